The van der Waals surface area contributed by atoms with E-state index >= 15 is 0 Å². The number of imide groups is 1. The maximum absolute atomic E-state index is 13.1. The second-order valence-electron chi connectivity index (χ2n) is 8.61. The molecule has 27 heavy (non-hydrogen) atoms. The number of benzene rings is 1. The summed E-state index contributed by atoms with van der Waals surface area (Å²) in [7, 11) is 1.48. The first-order valence-electron chi connectivity index (χ1n) is 8.79. The van der Waals surface area contributed by atoms with Crippen LogP contribution in [0.5, 0.6) is 0 Å². The molecule has 2 atom stereocenters. The average molecular weight is 373 g/mol. The van der Waals surface area contributed by atoms with Crippen LogP contribution >= 0.6 is 0 Å². The van der Waals surface area contributed by atoms with Crippen molar-refractivity contribution in [1.29, 1.82) is 0 Å². The number of piperidine rings is 1. The van der Waals surface area contributed by atoms with Crippen LogP contribution in [0.25, 0.3) is 0 Å². The Morgan fingerprint density at radius 2 is 1.59 bits per heavy atom. The van der Waals surface area contributed by atoms with Crippen LogP contribution in [0.4, 0.5) is 11.4 Å². The Bertz CT molecular complexity index is 837. The molecule has 0 radical (unpaired) electrons. The van der Waals surface area contributed by atoms with Gasteiger partial charge in [0.15, 0.2) is 0 Å². The van der Waals surface area contributed by atoms with Crippen LogP contribution in [-0.4, -0.2) is 34.6 Å². The van der Waals surface area contributed by atoms with Crippen LogP contribution in [0.3, 0.4) is 0 Å². The SMILES string of the molecule is CN1C(=O)C2(C)CC(C)(C(=O)Nc3ccccc3[N+](=O)[O-])CC(C)(C2)C1=O. The van der Waals surface area contributed by atoms with Gasteiger partial charge in [0.25, 0.3) is 5.69 Å². The van der Waals surface area contributed by atoms with Gasteiger partial charge in [0, 0.05) is 29.4 Å². The molecule has 144 valence electrons. The number of nitro groups is 1. The number of amides is 3. The second-order valence-corrected chi connectivity index (χ2v) is 8.61. The van der Waals surface area contributed by atoms with Crippen molar-refractivity contribution in [1.82, 2.24) is 4.90 Å². The first kappa shape index (κ1) is 19.0. The van der Waals surface area contributed by atoms with Crippen molar-refractivity contribution in [3.8, 4) is 0 Å². The molecule has 1 aliphatic heterocycles. The van der Waals surface area contributed by atoms with Crippen LogP contribution in [0.15, 0.2) is 24.3 Å². The van der Waals surface area contributed by atoms with E-state index in [-0.39, 0.29) is 36.0 Å². The van der Waals surface area contributed by atoms with E-state index < -0.39 is 27.1 Å². The normalized spacial score (nSPS) is 33.0. The molecule has 0 aromatic heterocycles. The lowest BCUT2D eigenvalue weighted by Gasteiger charge is -2.55. The zero-order chi connectivity index (χ0) is 20.2. The summed E-state index contributed by atoms with van der Waals surface area (Å²) < 4.78 is 0. The molecule has 1 aromatic rings. The summed E-state index contributed by atoms with van der Waals surface area (Å²) in [6.07, 6.45) is 0.952. The third-order valence-electron chi connectivity index (χ3n) is 5.88. The van der Waals surface area contributed by atoms with Crippen molar-refractivity contribution in [3.63, 3.8) is 0 Å². The quantitative estimate of drug-likeness (QED) is 0.498. The van der Waals surface area contributed by atoms with E-state index in [4.69, 9.17) is 0 Å². The highest BCUT2D eigenvalue weighted by atomic mass is 16.6. The molecular formula is C19H23N3O5. The van der Waals surface area contributed by atoms with Crippen molar-refractivity contribution in [3.05, 3.63) is 34.4 Å². The number of likely N-dealkylation sites (tertiary alicyclic amines) is 1. The van der Waals surface area contributed by atoms with E-state index in [9.17, 15) is 24.5 Å². The number of fused-ring (bicyclic) bond motifs is 2. The Kier molecular flexibility index (Phi) is 4.13. The molecule has 1 heterocycles. The summed E-state index contributed by atoms with van der Waals surface area (Å²) in [5, 5.41) is 13.9. The first-order chi connectivity index (χ1) is 12.4. The Hall–Kier alpha value is -2.77. The highest BCUT2D eigenvalue weighted by molar-refractivity contribution is 6.05. The summed E-state index contributed by atoms with van der Waals surface area (Å²) in [5.74, 6) is -0.983. The van der Waals surface area contributed by atoms with Gasteiger partial charge in [0.1, 0.15) is 5.69 Å². The molecule has 2 bridgehead atoms. The van der Waals surface area contributed by atoms with Gasteiger partial charge in [0.2, 0.25) is 17.7 Å². The molecule has 3 amide bonds. The Morgan fingerprint density at radius 1 is 1.07 bits per heavy atom. The van der Waals surface area contributed by atoms with E-state index in [0.717, 1.165) is 0 Å². The van der Waals surface area contributed by atoms with Crippen LogP contribution < -0.4 is 5.32 Å². The van der Waals surface area contributed by atoms with Gasteiger partial charge in [-0.3, -0.25) is 29.4 Å². The number of hydrogen-bond acceptors (Lipinski definition) is 5. The lowest BCUT2D eigenvalue weighted by atomic mass is 9.51. The Balaban J connectivity index is 1.95. The molecule has 8 nitrogen and oxygen atoms in total. The predicted molar refractivity (Wildman–Crippen MR) is 97.7 cm³/mol. The van der Waals surface area contributed by atoms with E-state index in [0.29, 0.717) is 6.42 Å². The average Bonchev–Trinajstić information content (AvgIpc) is 2.58. The molecule has 1 N–H and O–H groups in total. The fourth-order valence-electron chi connectivity index (χ4n) is 5.15. The van der Waals surface area contributed by atoms with Crippen LogP contribution in [0.1, 0.15) is 40.0 Å². The number of carbonyl (C=O) groups excluding carboxylic acids is 3. The largest absolute Gasteiger partial charge is 0.320 e. The molecule has 2 unspecified atom stereocenters. The smallest absolute Gasteiger partial charge is 0.292 e. The summed E-state index contributed by atoms with van der Waals surface area (Å²) in [5.41, 5.74) is -2.75. The maximum atomic E-state index is 13.1. The zero-order valence-electron chi connectivity index (χ0n) is 15.9. The van der Waals surface area contributed by atoms with Crippen molar-refractivity contribution in [2.75, 3.05) is 12.4 Å². The number of para-hydroxylation sites is 2. The summed E-state index contributed by atoms with van der Waals surface area (Å²) >= 11 is 0. The monoisotopic (exact) mass is 373 g/mol. The number of hydrogen-bond donors (Lipinski definition) is 1. The molecule has 1 saturated heterocycles. The minimum atomic E-state index is -1.00. The van der Waals surface area contributed by atoms with Gasteiger partial charge in [-0.15, -0.1) is 0 Å². The van der Waals surface area contributed by atoms with Gasteiger partial charge in [0.05, 0.1) is 4.92 Å². The number of nitrogens with zero attached hydrogens (tertiary/aromatic N) is 2. The fourth-order valence-corrected chi connectivity index (χ4v) is 5.15. The van der Waals surface area contributed by atoms with Gasteiger partial charge in [-0.25, -0.2) is 0 Å². The molecule has 1 saturated carbocycles. The Labute approximate surface area is 157 Å². The van der Waals surface area contributed by atoms with Crippen LogP contribution in [-0.2, 0) is 14.4 Å². The maximum Gasteiger partial charge on any atom is 0.292 e. The first-order valence-corrected chi connectivity index (χ1v) is 8.79. The molecule has 3 rings (SSSR count). The molecule has 2 aliphatic rings. The molecular weight excluding hydrogens is 350 g/mol. The number of nitrogens with one attached hydrogen (secondary N) is 1. The van der Waals surface area contributed by atoms with Gasteiger partial charge < -0.3 is 5.32 Å². The summed E-state index contributed by atoms with van der Waals surface area (Å²) in [6.45, 7) is 5.29. The molecule has 0 spiro atoms. The van der Waals surface area contributed by atoms with Crippen LogP contribution in [0, 0.1) is 26.4 Å². The third-order valence-corrected chi connectivity index (χ3v) is 5.88. The molecule has 2 fully saturated rings. The lowest BCUT2D eigenvalue weighted by Crippen LogP contribution is -2.63. The number of nitro benzene ring substituents is 1. The standard InChI is InChI=1S/C19H23N3O5/c1-17(14(23)20-12-7-5-6-8-13(12)22(26)27)9-18(2)11-19(3,10-17)16(25)21(4)15(18)24/h5-8H,9-11H2,1-4H3,(H,20,23). The highest BCUT2D eigenvalue weighted by Gasteiger charge is 2.62. The van der Waals surface area contributed by atoms with Crippen molar-refractivity contribution >= 4 is 29.1 Å². The summed E-state index contributed by atoms with van der Waals surface area (Å²) in [4.78, 5) is 50.3. The van der Waals surface area contributed by atoms with Crippen molar-refractivity contribution < 1.29 is 19.3 Å². The van der Waals surface area contributed by atoms with E-state index in [1.807, 2.05) is 0 Å². The molecule has 8 heteroatoms. The molecule has 1 aliphatic carbocycles. The second kappa shape index (κ2) is 5.87. The fraction of sp³-hybridized carbons (Fsp3) is 0.526. The number of anilines is 1. The van der Waals surface area contributed by atoms with Crippen molar-refractivity contribution in [2.24, 2.45) is 16.2 Å². The van der Waals surface area contributed by atoms with Gasteiger partial charge in [-0.2, -0.15) is 0 Å². The Morgan fingerprint density at radius 3 is 2.11 bits per heavy atom. The minimum absolute atomic E-state index is 0.106. The van der Waals surface area contributed by atoms with Crippen LogP contribution in [0.2, 0.25) is 0 Å². The zero-order valence-corrected chi connectivity index (χ0v) is 15.9. The number of rotatable bonds is 3. The minimum Gasteiger partial charge on any atom is -0.320 e. The van der Waals surface area contributed by atoms with Gasteiger partial charge in [-0.1, -0.05) is 32.9 Å². The van der Waals surface area contributed by atoms with E-state index in [2.05, 4.69) is 5.32 Å². The van der Waals surface area contributed by atoms with Crippen molar-refractivity contribution in [2.45, 2.75) is 40.0 Å². The topological polar surface area (TPSA) is 110 Å². The molecule has 1 aromatic carbocycles. The predicted octanol–water partition coefficient (Wildman–Crippen LogP) is 2.73. The highest BCUT2D eigenvalue weighted by Crippen LogP contribution is 2.58. The summed E-state index contributed by atoms with van der Waals surface area (Å²) in [6, 6.07) is 5.91. The lowest BCUT2D eigenvalue weighted by molar-refractivity contribution is -0.383. The van der Waals surface area contributed by atoms with E-state index in [1.165, 1.54) is 30.1 Å². The van der Waals surface area contributed by atoms with Gasteiger partial charge >= 0.3 is 0 Å². The van der Waals surface area contributed by atoms with E-state index in [1.54, 1.807) is 26.8 Å². The number of carbonyl (C=O) groups is 3. The third kappa shape index (κ3) is 2.89. The van der Waals surface area contributed by atoms with Gasteiger partial charge in [-0.05, 0) is 25.3 Å².